The second-order valence-electron chi connectivity index (χ2n) is 4.91. The Labute approximate surface area is 124 Å². The molecule has 0 bridgehead atoms. The Kier molecular flexibility index (Phi) is 3.78. The van der Waals surface area contributed by atoms with E-state index in [-0.39, 0.29) is 22.7 Å². The van der Waals surface area contributed by atoms with Gasteiger partial charge in [0.25, 0.3) is 11.2 Å². The first-order chi connectivity index (χ1) is 10.1. The second-order valence-corrected chi connectivity index (χ2v) is 6.13. The normalized spacial score (nSPS) is 16.0. The fraction of sp³-hybridized carbons (Fsp3) is 0.385. The molecule has 2 aromatic rings. The molecule has 110 valence electrons. The van der Waals surface area contributed by atoms with E-state index in [0.717, 1.165) is 24.3 Å². The third-order valence-corrected chi connectivity index (χ3v) is 4.58. The molecule has 0 saturated carbocycles. The van der Waals surface area contributed by atoms with E-state index >= 15 is 0 Å². The summed E-state index contributed by atoms with van der Waals surface area (Å²) in [7, 11) is 0. The molecule has 1 aromatic carbocycles. The van der Waals surface area contributed by atoms with E-state index in [9.17, 15) is 14.9 Å². The van der Waals surface area contributed by atoms with Crippen LogP contribution in [0.4, 0.5) is 11.4 Å². The van der Waals surface area contributed by atoms with Gasteiger partial charge in [-0.2, -0.15) is 11.8 Å². The van der Waals surface area contributed by atoms with Gasteiger partial charge in [0, 0.05) is 12.1 Å². The molecule has 0 aliphatic carbocycles. The summed E-state index contributed by atoms with van der Waals surface area (Å²) in [6.07, 6.45) is 3.25. The van der Waals surface area contributed by atoms with Crippen molar-refractivity contribution in [2.24, 2.45) is 0 Å². The Morgan fingerprint density at radius 2 is 2.14 bits per heavy atom. The molecule has 2 N–H and O–H groups in total. The molecule has 8 heteroatoms. The number of aromatic amines is 1. The maximum Gasteiger partial charge on any atom is 0.293 e. The highest BCUT2D eigenvalue weighted by molar-refractivity contribution is 7.99. The molecule has 0 radical (unpaired) electrons. The number of rotatable bonds is 3. The van der Waals surface area contributed by atoms with E-state index in [4.69, 9.17) is 0 Å². The molecule has 7 nitrogen and oxygen atoms in total. The van der Waals surface area contributed by atoms with Crippen molar-refractivity contribution in [2.45, 2.75) is 18.9 Å². The molecular weight excluding hydrogens is 292 g/mol. The predicted molar refractivity (Wildman–Crippen MR) is 83.0 cm³/mol. The number of hydrogen-bond acceptors (Lipinski definition) is 6. The number of aromatic nitrogens is 2. The first kappa shape index (κ1) is 13.9. The van der Waals surface area contributed by atoms with Gasteiger partial charge in [0.05, 0.1) is 22.2 Å². The molecule has 1 fully saturated rings. The van der Waals surface area contributed by atoms with Crippen LogP contribution in [-0.4, -0.2) is 32.4 Å². The molecule has 0 unspecified atom stereocenters. The van der Waals surface area contributed by atoms with Crippen LogP contribution in [0.25, 0.3) is 10.9 Å². The van der Waals surface area contributed by atoms with Gasteiger partial charge >= 0.3 is 0 Å². The van der Waals surface area contributed by atoms with Crippen LogP contribution < -0.4 is 10.9 Å². The minimum atomic E-state index is -0.466. The second kappa shape index (κ2) is 5.72. The van der Waals surface area contributed by atoms with E-state index in [0.29, 0.717) is 11.2 Å². The van der Waals surface area contributed by atoms with Gasteiger partial charge in [0.15, 0.2) is 0 Å². The van der Waals surface area contributed by atoms with Gasteiger partial charge in [-0.15, -0.1) is 0 Å². The van der Waals surface area contributed by atoms with Crippen molar-refractivity contribution < 1.29 is 4.92 Å². The van der Waals surface area contributed by atoms with Crippen LogP contribution in [-0.2, 0) is 0 Å². The van der Waals surface area contributed by atoms with Gasteiger partial charge in [-0.25, -0.2) is 4.98 Å². The number of nitrogens with one attached hydrogen (secondary N) is 2. The number of nitro benzene ring substituents is 1. The maximum absolute atomic E-state index is 11.7. The highest BCUT2D eigenvalue weighted by Crippen LogP contribution is 2.30. The number of nitro groups is 1. The Balaban J connectivity index is 2.05. The highest BCUT2D eigenvalue weighted by atomic mass is 32.2. The van der Waals surface area contributed by atoms with Crippen LogP contribution in [0.5, 0.6) is 0 Å². The van der Waals surface area contributed by atoms with Gasteiger partial charge in [-0.1, -0.05) is 0 Å². The van der Waals surface area contributed by atoms with Gasteiger partial charge in [-0.3, -0.25) is 14.9 Å². The van der Waals surface area contributed by atoms with E-state index in [2.05, 4.69) is 15.3 Å². The summed E-state index contributed by atoms with van der Waals surface area (Å²) < 4.78 is 0. The Hall–Kier alpha value is -2.09. The van der Waals surface area contributed by atoms with Crippen LogP contribution in [0, 0.1) is 10.1 Å². The van der Waals surface area contributed by atoms with Gasteiger partial charge < -0.3 is 10.3 Å². The zero-order chi connectivity index (χ0) is 14.8. The van der Waals surface area contributed by atoms with Crippen LogP contribution in [0.1, 0.15) is 12.8 Å². The number of fused-ring (bicyclic) bond motifs is 1. The lowest BCUT2D eigenvalue weighted by Gasteiger charge is -2.23. The van der Waals surface area contributed by atoms with Crippen molar-refractivity contribution in [3.8, 4) is 0 Å². The minimum absolute atomic E-state index is 0.0840. The topological polar surface area (TPSA) is 101 Å². The number of hydrogen-bond donors (Lipinski definition) is 2. The first-order valence-corrected chi connectivity index (χ1v) is 7.81. The van der Waals surface area contributed by atoms with Gasteiger partial charge in [-0.05, 0) is 30.4 Å². The standard InChI is InChI=1S/C13H14N4O3S/c18-13-9-5-12(17(19)20)11(6-10(9)14-7-15-13)16-8-1-3-21-4-2-8/h5-8,16H,1-4H2,(H,14,15,18). The molecule has 0 amide bonds. The molecule has 1 saturated heterocycles. The molecule has 3 rings (SSSR count). The number of anilines is 1. The third kappa shape index (κ3) is 2.85. The minimum Gasteiger partial charge on any atom is -0.377 e. The summed E-state index contributed by atoms with van der Waals surface area (Å²) in [6.45, 7) is 0. The van der Waals surface area contributed by atoms with Crippen molar-refractivity contribution in [3.63, 3.8) is 0 Å². The quantitative estimate of drug-likeness (QED) is 0.665. The maximum atomic E-state index is 11.7. The molecular formula is C13H14N4O3S. The fourth-order valence-corrected chi connectivity index (χ4v) is 3.54. The monoisotopic (exact) mass is 306 g/mol. The fourth-order valence-electron chi connectivity index (χ4n) is 2.43. The molecule has 2 heterocycles. The lowest BCUT2D eigenvalue weighted by atomic mass is 10.1. The Morgan fingerprint density at radius 1 is 1.38 bits per heavy atom. The molecule has 0 atom stereocenters. The predicted octanol–water partition coefficient (Wildman–Crippen LogP) is 2.14. The smallest absolute Gasteiger partial charge is 0.293 e. The van der Waals surface area contributed by atoms with Crippen molar-refractivity contribution >= 4 is 34.0 Å². The number of benzene rings is 1. The van der Waals surface area contributed by atoms with Crippen LogP contribution >= 0.6 is 11.8 Å². The summed E-state index contributed by atoms with van der Waals surface area (Å²) in [5, 5.41) is 14.7. The molecule has 1 aliphatic rings. The average molecular weight is 306 g/mol. The third-order valence-electron chi connectivity index (χ3n) is 3.54. The van der Waals surface area contributed by atoms with Crippen molar-refractivity contribution in [1.82, 2.24) is 9.97 Å². The average Bonchev–Trinajstić information content (AvgIpc) is 2.48. The number of H-pyrrole nitrogens is 1. The van der Waals surface area contributed by atoms with Gasteiger partial charge in [0.1, 0.15) is 5.69 Å². The molecule has 21 heavy (non-hydrogen) atoms. The lowest BCUT2D eigenvalue weighted by Crippen LogP contribution is -2.25. The Morgan fingerprint density at radius 3 is 2.86 bits per heavy atom. The van der Waals surface area contributed by atoms with Crippen LogP contribution in [0.15, 0.2) is 23.3 Å². The van der Waals surface area contributed by atoms with E-state index < -0.39 is 4.92 Å². The lowest BCUT2D eigenvalue weighted by molar-refractivity contribution is -0.383. The Bertz CT molecular complexity index is 740. The van der Waals surface area contributed by atoms with Crippen molar-refractivity contribution in [2.75, 3.05) is 16.8 Å². The van der Waals surface area contributed by atoms with Crippen LogP contribution in [0.3, 0.4) is 0 Å². The molecule has 1 aliphatic heterocycles. The summed E-state index contributed by atoms with van der Waals surface area (Å²) in [6, 6.07) is 3.11. The SMILES string of the molecule is O=c1[nH]cnc2cc(NC3CCSCC3)c([N+](=O)[O-])cc12. The zero-order valence-electron chi connectivity index (χ0n) is 11.2. The molecule has 0 spiro atoms. The highest BCUT2D eigenvalue weighted by Gasteiger charge is 2.21. The number of thioether (sulfide) groups is 1. The summed E-state index contributed by atoms with van der Waals surface area (Å²) in [5.41, 5.74) is 0.433. The van der Waals surface area contributed by atoms with Crippen molar-refractivity contribution in [3.05, 3.63) is 38.9 Å². The summed E-state index contributed by atoms with van der Waals surface area (Å²) >= 11 is 1.89. The van der Waals surface area contributed by atoms with E-state index in [1.165, 1.54) is 12.4 Å². The molecule has 1 aromatic heterocycles. The van der Waals surface area contributed by atoms with Crippen LogP contribution in [0.2, 0.25) is 0 Å². The number of nitrogens with zero attached hydrogens (tertiary/aromatic N) is 2. The van der Waals surface area contributed by atoms with E-state index in [1.54, 1.807) is 6.07 Å². The van der Waals surface area contributed by atoms with Crippen molar-refractivity contribution in [1.29, 1.82) is 0 Å². The zero-order valence-corrected chi connectivity index (χ0v) is 12.0. The summed E-state index contributed by atoms with van der Waals surface area (Å²) in [5.74, 6) is 2.11. The van der Waals surface area contributed by atoms with Gasteiger partial charge in [0.2, 0.25) is 0 Å². The van der Waals surface area contributed by atoms with E-state index in [1.807, 2.05) is 11.8 Å². The first-order valence-electron chi connectivity index (χ1n) is 6.65. The summed E-state index contributed by atoms with van der Waals surface area (Å²) in [4.78, 5) is 29.0. The largest absolute Gasteiger partial charge is 0.377 e.